The maximum Gasteiger partial charge on any atom is 0.323 e. The first-order valence-electron chi connectivity index (χ1n) is 14.5. The predicted molar refractivity (Wildman–Crippen MR) is 178 cm³/mol. The summed E-state index contributed by atoms with van der Waals surface area (Å²) >= 11 is 0. The molecule has 12 nitrogen and oxygen atoms in total. The lowest BCUT2D eigenvalue weighted by atomic mass is 10.1. The van der Waals surface area contributed by atoms with Crippen LogP contribution in [0.2, 0.25) is 0 Å². The number of aromatic nitrogens is 3. The Bertz CT molecular complexity index is 2030. The van der Waals surface area contributed by atoms with Crippen LogP contribution in [0.4, 0.5) is 27.7 Å². The van der Waals surface area contributed by atoms with Gasteiger partial charge in [-0.25, -0.2) is 23.2 Å². The Hall–Kier alpha value is -5.40. The molecule has 0 atom stereocenters. The van der Waals surface area contributed by atoms with Gasteiger partial charge in [0, 0.05) is 60.7 Å². The molecule has 46 heavy (non-hydrogen) atoms. The number of ether oxygens (including phenoxy) is 1. The molecule has 3 aromatic carbocycles. The van der Waals surface area contributed by atoms with Gasteiger partial charge in [0.1, 0.15) is 5.52 Å². The molecule has 0 radical (unpaired) electrons. The van der Waals surface area contributed by atoms with Gasteiger partial charge in [0.05, 0.1) is 23.6 Å². The van der Waals surface area contributed by atoms with Crippen molar-refractivity contribution in [3.8, 4) is 22.5 Å². The van der Waals surface area contributed by atoms with Crippen LogP contribution in [0.3, 0.4) is 0 Å². The van der Waals surface area contributed by atoms with Crippen LogP contribution in [0.5, 0.6) is 0 Å². The Balaban J connectivity index is 1.27. The summed E-state index contributed by atoms with van der Waals surface area (Å²) < 4.78 is 29.9. The molecule has 1 saturated heterocycles. The van der Waals surface area contributed by atoms with Gasteiger partial charge < -0.3 is 25.6 Å². The van der Waals surface area contributed by atoms with Crippen LogP contribution in [0, 0.1) is 0 Å². The summed E-state index contributed by atoms with van der Waals surface area (Å²) in [5.74, 6) is 0.992. The highest BCUT2D eigenvalue weighted by molar-refractivity contribution is 7.90. The largest absolute Gasteiger partial charge is 0.378 e. The lowest BCUT2D eigenvalue weighted by Gasteiger charge is -2.28. The third-order valence-electron chi connectivity index (χ3n) is 7.29. The van der Waals surface area contributed by atoms with E-state index in [0.717, 1.165) is 11.1 Å². The number of rotatable bonds is 7. The molecule has 0 saturated carbocycles. The molecule has 3 heterocycles. The van der Waals surface area contributed by atoms with Gasteiger partial charge in [0.2, 0.25) is 5.91 Å². The van der Waals surface area contributed by atoms with E-state index in [9.17, 15) is 18.0 Å². The van der Waals surface area contributed by atoms with Crippen LogP contribution >= 0.6 is 0 Å². The molecular weight excluding hydrogens is 606 g/mol. The monoisotopic (exact) mass is 637 g/mol. The van der Waals surface area contributed by atoms with Gasteiger partial charge in [0.15, 0.2) is 21.5 Å². The zero-order valence-electron chi connectivity index (χ0n) is 25.1. The van der Waals surface area contributed by atoms with Gasteiger partial charge >= 0.3 is 6.03 Å². The van der Waals surface area contributed by atoms with Crippen molar-refractivity contribution in [3.63, 3.8) is 0 Å². The highest BCUT2D eigenvalue weighted by atomic mass is 32.2. The summed E-state index contributed by atoms with van der Waals surface area (Å²) in [7, 11) is -3.38. The fourth-order valence-electron chi connectivity index (χ4n) is 5.03. The van der Waals surface area contributed by atoms with Crippen molar-refractivity contribution >= 4 is 55.7 Å². The number of fused-ring (bicyclic) bond motifs is 1. The number of benzene rings is 3. The SMILES string of the molecule is CC(=O)Nc1ccc(NC(=O)Nc2ccc(-c3nc(N4CCOCC4)c4ncc(-c5cccc(S(C)(=O)=O)c5)cc4n3)cc2)cc1. The summed E-state index contributed by atoms with van der Waals surface area (Å²) in [5.41, 5.74) is 5.19. The van der Waals surface area contributed by atoms with Gasteiger partial charge in [0.25, 0.3) is 0 Å². The number of hydrogen-bond donors (Lipinski definition) is 3. The summed E-state index contributed by atoms with van der Waals surface area (Å²) in [4.78, 5) is 40.7. The fraction of sp³-hybridized carbons (Fsp3) is 0.182. The minimum atomic E-state index is -3.38. The first-order chi connectivity index (χ1) is 22.1. The van der Waals surface area contributed by atoms with E-state index in [1.165, 1.54) is 13.2 Å². The molecule has 1 aliphatic heterocycles. The van der Waals surface area contributed by atoms with Crippen molar-refractivity contribution in [2.45, 2.75) is 11.8 Å². The zero-order valence-corrected chi connectivity index (χ0v) is 26.0. The number of anilines is 4. The van der Waals surface area contributed by atoms with Gasteiger partial charge in [-0.3, -0.25) is 9.78 Å². The average Bonchev–Trinajstić information content (AvgIpc) is 3.05. The highest BCUT2D eigenvalue weighted by Crippen LogP contribution is 2.31. The third kappa shape index (κ3) is 7.11. The zero-order chi connectivity index (χ0) is 32.3. The molecule has 1 fully saturated rings. The highest BCUT2D eigenvalue weighted by Gasteiger charge is 2.20. The molecule has 3 amide bonds. The number of sulfone groups is 1. The molecule has 5 aromatic rings. The number of nitrogens with one attached hydrogen (secondary N) is 3. The van der Waals surface area contributed by atoms with E-state index in [1.807, 2.05) is 24.3 Å². The number of urea groups is 1. The second kappa shape index (κ2) is 12.9. The second-order valence-electron chi connectivity index (χ2n) is 10.8. The topological polar surface area (TPSA) is 156 Å². The Morgan fingerprint density at radius 2 is 1.41 bits per heavy atom. The van der Waals surface area contributed by atoms with E-state index < -0.39 is 15.9 Å². The number of carbonyl (C=O) groups is 2. The van der Waals surface area contributed by atoms with Gasteiger partial charge in [-0.1, -0.05) is 12.1 Å². The van der Waals surface area contributed by atoms with Crippen LogP contribution in [0.25, 0.3) is 33.5 Å². The van der Waals surface area contributed by atoms with Crippen LogP contribution < -0.4 is 20.9 Å². The maximum absolute atomic E-state index is 12.6. The fourth-order valence-corrected chi connectivity index (χ4v) is 5.69. The van der Waals surface area contributed by atoms with E-state index in [4.69, 9.17) is 19.7 Å². The number of hydrogen-bond acceptors (Lipinski definition) is 9. The summed E-state index contributed by atoms with van der Waals surface area (Å²) in [5, 5.41) is 8.27. The second-order valence-corrected chi connectivity index (χ2v) is 12.8. The Morgan fingerprint density at radius 3 is 2.04 bits per heavy atom. The van der Waals surface area contributed by atoms with Gasteiger partial charge in [-0.2, -0.15) is 0 Å². The van der Waals surface area contributed by atoms with E-state index in [0.29, 0.717) is 71.6 Å². The van der Waals surface area contributed by atoms with E-state index in [1.54, 1.807) is 60.8 Å². The molecule has 0 unspecified atom stereocenters. The minimum Gasteiger partial charge on any atom is -0.378 e. The molecule has 6 rings (SSSR count). The molecular formula is C33H31N7O5S. The van der Waals surface area contributed by atoms with Gasteiger partial charge in [-0.05, 0) is 72.3 Å². The van der Waals surface area contributed by atoms with Crippen molar-refractivity contribution in [3.05, 3.63) is 85.1 Å². The van der Waals surface area contributed by atoms with Crippen LogP contribution in [0.15, 0.2) is 90.0 Å². The summed E-state index contributed by atoms with van der Waals surface area (Å²) in [6.07, 6.45) is 2.89. The number of pyridine rings is 1. The smallest absolute Gasteiger partial charge is 0.323 e. The van der Waals surface area contributed by atoms with Crippen LogP contribution in [0.1, 0.15) is 6.92 Å². The standard InChI is InChI=1S/C33H31N7O5S/c1-21(41)35-25-10-12-27(13-11-25)37-33(42)36-26-8-6-22(7-9-26)31-38-29-19-24(23-4-3-5-28(18-23)46(2,43)44)20-34-30(29)32(39-31)40-14-16-45-17-15-40/h3-13,18-20H,14-17H2,1-2H3,(H,35,41)(H2,36,37,42). The van der Waals surface area contributed by atoms with E-state index >= 15 is 0 Å². The molecule has 2 aromatic heterocycles. The summed E-state index contributed by atoms with van der Waals surface area (Å²) in [6, 6.07) is 22.2. The van der Waals surface area contributed by atoms with Crippen molar-refractivity contribution in [2.75, 3.05) is 53.4 Å². The van der Waals surface area contributed by atoms with Crippen LogP contribution in [-0.4, -0.2) is 67.9 Å². The first kappa shape index (κ1) is 30.6. The van der Waals surface area contributed by atoms with Crippen molar-refractivity contribution in [1.82, 2.24) is 15.0 Å². The summed E-state index contributed by atoms with van der Waals surface area (Å²) in [6.45, 7) is 3.87. The van der Waals surface area contributed by atoms with Crippen molar-refractivity contribution < 1.29 is 22.7 Å². The third-order valence-corrected chi connectivity index (χ3v) is 8.40. The Kier molecular flexibility index (Phi) is 8.59. The molecule has 234 valence electrons. The first-order valence-corrected chi connectivity index (χ1v) is 16.4. The number of carbonyl (C=O) groups excluding carboxylic acids is 2. The molecule has 1 aliphatic rings. The number of morpholine rings is 1. The predicted octanol–water partition coefficient (Wildman–Crippen LogP) is 5.20. The van der Waals surface area contributed by atoms with Crippen molar-refractivity contribution in [1.29, 1.82) is 0 Å². The number of amides is 3. The van der Waals surface area contributed by atoms with Crippen LogP contribution in [-0.2, 0) is 19.4 Å². The van der Waals surface area contributed by atoms with Crippen molar-refractivity contribution in [2.24, 2.45) is 0 Å². The Morgan fingerprint density at radius 1 is 0.783 bits per heavy atom. The maximum atomic E-state index is 12.6. The lowest BCUT2D eigenvalue weighted by Crippen LogP contribution is -2.37. The molecule has 3 N–H and O–H groups in total. The van der Waals surface area contributed by atoms with E-state index in [-0.39, 0.29) is 10.8 Å². The molecule has 13 heteroatoms. The van der Waals surface area contributed by atoms with E-state index in [2.05, 4.69) is 20.9 Å². The minimum absolute atomic E-state index is 0.174. The van der Waals surface area contributed by atoms with Gasteiger partial charge in [-0.15, -0.1) is 0 Å². The average molecular weight is 638 g/mol. The quantitative estimate of drug-likeness (QED) is 0.218. The normalized spacial score (nSPS) is 13.3. The Labute approximate surface area is 265 Å². The molecule has 0 aliphatic carbocycles. The molecule has 0 spiro atoms. The lowest BCUT2D eigenvalue weighted by molar-refractivity contribution is -0.114. The molecule has 0 bridgehead atoms. The number of nitrogens with zero attached hydrogens (tertiary/aromatic N) is 4.